The van der Waals surface area contributed by atoms with Crippen molar-refractivity contribution in [3.05, 3.63) is 62.3 Å². The number of amides is 3. The van der Waals surface area contributed by atoms with Gasteiger partial charge < -0.3 is 25.3 Å². The lowest BCUT2D eigenvalue weighted by Gasteiger charge is -2.31. The highest BCUT2D eigenvalue weighted by Gasteiger charge is 2.27. The summed E-state index contributed by atoms with van der Waals surface area (Å²) in [6.07, 6.45) is 2.77. The van der Waals surface area contributed by atoms with Crippen molar-refractivity contribution in [1.82, 2.24) is 24.0 Å². The summed E-state index contributed by atoms with van der Waals surface area (Å²) >= 11 is 0. The van der Waals surface area contributed by atoms with Crippen molar-refractivity contribution in [3.63, 3.8) is 0 Å². The highest BCUT2D eigenvalue weighted by atomic mass is 16.5. The third-order valence-corrected chi connectivity index (χ3v) is 6.90. The second-order valence-corrected chi connectivity index (χ2v) is 10.3. The number of rotatable bonds is 8. The zero-order valence-electron chi connectivity index (χ0n) is 24.2. The van der Waals surface area contributed by atoms with Gasteiger partial charge in [0.05, 0.1) is 18.8 Å². The van der Waals surface area contributed by atoms with Crippen LogP contribution in [0.15, 0.2) is 45.5 Å². The molecule has 1 aliphatic heterocycles. The van der Waals surface area contributed by atoms with Crippen LogP contribution in [0.5, 0.6) is 0 Å². The summed E-state index contributed by atoms with van der Waals surface area (Å²) in [5.74, 6) is -0.0610. The van der Waals surface area contributed by atoms with Crippen molar-refractivity contribution in [2.45, 2.75) is 52.7 Å². The van der Waals surface area contributed by atoms with Crippen LogP contribution in [0.25, 0.3) is 11.2 Å². The normalized spacial score (nSPS) is 14.9. The Morgan fingerprint density at radius 3 is 2.60 bits per heavy atom. The Labute approximate surface area is 241 Å². The SMILES string of the molecule is CCOC(=O)NC(=O)Nc1ccccc1C(=O)Cn1c(=O)c2c(nc(N3CCCC(N)C3)n2CC=C(C)C)n(C)c1=O. The number of ketones is 1. The van der Waals surface area contributed by atoms with E-state index in [-0.39, 0.29) is 35.1 Å². The fourth-order valence-corrected chi connectivity index (χ4v) is 4.86. The number of imide groups is 1. The number of imidazole rings is 1. The van der Waals surface area contributed by atoms with Gasteiger partial charge in [-0.05, 0) is 45.7 Å². The maximum absolute atomic E-state index is 13.9. The largest absolute Gasteiger partial charge is 0.450 e. The number of aromatic nitrogens is 4. The van der Waals surface area contributed by atoms with Gasteiger partial charge in [-0.15, -0.1) is 0 Å². The standard InChI is InChI=1S/C28H36N8O6/c1-5-42-27(40)32-25(39)30-20-11-7-6-10-19(20)21(37)16-36-24(38)22-23(33(4)28(36)41)31-26(35(22)14-12-17(2)3)34-13-8-9-18(29)15-34/h6-7,10-12,18H,5,8-9,13-16,29H2,1-4H3,(H2,30,32,39,40). The summed E-state index contributed by atoms with van der Waals surface area (Å²) in [6, 6.07) is 5.14. The number of piperidine rings is 1. The molecule has 1 aromatic carbocycles. The molecule has 1 unspecified atom stereocenters. The molecule has 3 amide bonds. The molecule has 1 saturated heterocycles. The second-order valence-electron chi connectivity index (χ2n) is 10.3. The van der Waals surface area contributed by atoms with Crippen LogP contribution in [0, 0.1) is 0 Å². The molecule has 0 aliphatic carbocycles. The van der Waals surface area contributed by atoms with E-state index in [1.165, 1.54) is 23.7 Å². The molecule has 14 nitrogen and oxygen atoms in total. The Morgan fingerprint density at radius 1 is 1.17 bits per heavy atom. The number of nitrogens with zero attached hydrogens (tertiary/aromatic N) is 5. The number of nitrogens with one attached hydrogen (secondary N) is 2. The van der Waals surface area contributed by atoms with E-state index in [2.05, 4.69) is 5.32 Å². The molecule has 0 bridgehead atoms. The number of anilines is 2. The number of Topliss-reactive ketones (excluding diaryl/α,β-unsaturated/α-hetero) is 1. The molecule has 42 heavy (non-hydrogen) atoms. The number of hydrogen-bond donors (Lipinski definition) is 3. The Hall–Kier alpha value is -4.72. The van der Waals surface area contributed by atoms with Gasteiger partial charge in [-0.1, -0.05) is 23.8 Å². The van der Waals surface area contributed by atoms with Crippen LogP contribution in [0.4, 0.5) is 21.2 Å². The van der Waals surface area contributed by atoms with E-state index in [0.29, 0.717) is 25.6 Å². The average Bonchev–Trinajstić information content (AvgIpc) is 3.33. The van der Waals surface area contributed by atoms with E-state index in [1.54, 1.807) is 23.6 Å². The number of carbonyl (C=O) groups excluding carboxylic acids is 3. The second kappa shape index (κ2) is 12.9. The third-order valence-electron chi connectivity index (χ3n) is 6.90. The van der Waals surface area contributed by atoms with E-state index in [0.717, 1.165) is 23.0 Å². The average molecular weight is 581 g/mol. The minimum Gasteiger partial charge on any atom is -0.450 e. The van der Waals surface area contributed by atoms with Gasteiger partial charge in [-0.25, -0.2) is 19.7 Å². The van der Waals surface area contributed by atoms with Crippen LogP contribution in [0.2, 0.25) is 0 Å². The topological polar surface area (TPSA) is 176 Å². The summed E-state index contributed by atoms with van der Waals surface area (Å²) in [6.45, 7) is 6.57. The molecule has 4 N–H and O–H groups in total. The van der Waals surface area contributed by atoms with Crippen LogP contribution in [-0.4, -0.2) is 62.3 Å². The molecule has 1 aliphatic rings. The minimum atomic E-state index is -0.946. The number of carbonyl (C=O) groups is 3. The lowest BCUT2D eigenvalue weighted by molar-refractivity contribution is 0.0969. The first-order chi connectivity index (χ1) is 20.0. The van der Waals surface area contributed by atoms with E-state index < -0.39 is 35.7 Å². The molecule has 1 atom stereocenters. The van der Waals surface area contributed by atoms with E-state index in [1.807, 2.05) is 30.1 Å². The van der Waals surface area contributed by atoms with Gasteiger partial charge in [-0.2, -0.15) is 4.98 Å². The summed E-state index contributed by atoms with van der Waals surface area (Å²) < 4.78 is 8.58. The summed E-state index contributed by atoms with van der Waals surface area (Å²) in [7, 11) is 1.50. The number of benzene rings is 1. The van der Waals surface area contributed by atoms with Crippen molar-refractivity contribution < 1.29 is 19.1 Å². The zero-order chi connectivity index (χ0) is 30.6. The quantitative estimate of drug-likeness (QED) is 0.266. The highest BCUT2D eigenvalue weighted by molar-refractivity contribution is 6.06. The number of alkyl carbamates (subject to hydrolysis) is 1. The number of para-hydroxylation sites is 1. The number of aryl methyl sites for hydroxylation is 1. The molecular weight excluding hydrogens is 544 g/mol. The smallest absolute Gasteiger partial charge is 0.415 e. The number of allylic oxidation sites excluding steroid dienone is 2. The Morgan fingerprint density at radius 2 is 1.90 bits per heavy atom. The first-order valence-corrected chi connectivity index (χ1v) is 13.7. The molecule has 3 aromatic rings. The zero-order valence-corrected chi connectivity index (χ0v) is 24.2. The van der Waals surface area contributed by atoms with Gasteiger partial charge in [0, 0.05) is 38.3 Å². The molecule has 0 saturated carbocycles. The maximum atomic E-state index is 13.9. The van der Waals surface area contributed by atoms with E-state index in [9.17, 15) is 24.0 Å². The van der Waals surface area contributed by atoms with E-state index in [4.69, 9.17) is 15.5 Å². The van der Waals surface area contributed by atoms with Crippen LogP contribution < -0.4 is 32.5 Å². The van der Waals surface area contributed by atoms with Crippen molar-refractivity contribution in [1.29, 1.82) is 0 Å². The molecule has 2 aromatic heterocycles. The summed E-state index contributed by atoms with van der Waals surface area (Å²) in [4.78, 5) is 71.3. The van der Waals surface area contributed by atoms with Crippen LogP contribution >= 0.6 is 0 Å². The number of ether oxygens (including phenoxy) is 1. The van der Waals surface area contributed by atoms with Gasteiger partial charge in [0.2, 0.25) is 5.95 Å². The molecule has 0 spiro atoms. The first-order valence-electron chi connectivity index (χ1n) is 13.7. The highest BCUT2D eigenvalue weighted by Crippen LogP contribution is 2.23. The van der Waals surface area contributed by atoms with Crippen molar-refractivity contribution in [3.8, 4) is 0 Å². The molecule has 224 valence electrons. The van der Waals surface area contributed by atoms with Gasteiger partial charge in [0.15, 0.2) is 16.9 Å². The maximum Gasteiger partial charge on any atom is 0.415 e. The van der Waals surface area contributed by atoms with Crippen molar-refractivity contribution in [2.24, 2.45) is 12.8 Å². The van der Waals surface area contributed by atoms with Gasteiger partial charge in [-0.3, -0.25) is 18.7 Å². The summed E-state index contributed by atoms with van der Waals surface area (Å²) in [5.41, 5.74) is 6.43. The Bertz CT molecular complexity index is 1660. The fourth-order valence-electron chi connectivity index (χ4n) is 4.86. The number of urea groups is 1. The van der Waals surface area contributed by atoms with Gasteiger partial charge in [0.25, 0.3) is 5.56 Å². The van der Waals surface area contributed by atoms with Crippen LogP contribution in [0.1, 0.15) is 44.0 Å². The number of nitrogens with two attached hydrogens (primary N) is 1. The predicted octanol–water partition coefficient (Wildman–Crippen LogP) is 1.95. The molecular formula is C28H36N8O6. The van der Waals surface area contributed by atoms with Crippen molar-refractivity contribution >= 4 is 40.7 Å². The molecule has 1 fully saturated rings. The predicted molar refractivity (Wildman–Crippen MR) is 158 cm³/mol. The van der Waals surface area contributed by atoms with Gasteiger partial charge >= 0.3 is 17.8 Å². The molecule has 3 heterocycles. The van der Waals surface area contributed by atoms with Crippen LogP contribution in [0.3, 0.4) is 0 Å². The Kier molecular flexibility index (Phi) is 9.25. The van der Waals surface area contributed by atoms with Crippen molar-refractivity contribution in [2.75, 3.05) is 29.9 Å². The van der Waals surface area contributed by atoms with Crippen LogP contribution in [-0.2, 0) is 24.9 Å². The van der Waals surface area contributed by atoms with E-state index >= 15 is 0 Å². The first kappa shape index (κ1) is 30.2. The minimum absolute atomic E-state index is 0.0402. The number of fused-ring (bicyclic) bond motifs is 1. The number of hydrogen-bond acceptors (Lipinski definition) is 9. The monoisotopic (exact) mass is 580 g/mol. The third kappa shape index (κ3) is 6.43. The molecule has 0 radical (unpaired) electrons. The lowest BCUT2D eigenvalue weighted by atomic mass is 10.1. The fraction of sp³-hybridized carbons (Fsp3) is 0.429. The van der Waals surface area contributed by atoms with Gasteiger partial charge in [0.1, 0.15) is 0 Å². The lowest BCUT2D eigenvalue weighted by Crippen LogP contribution is -2.44. The molecule has 14 heteroatoms. The Balaban J connectivity index is 1.74. The molecule has 4 rings (SSSR count). The summed E-state index contributed by atoms with van der Waals surface area (Å²) in [5, 5.41) is 4.43.